The van der Waals surface area contributed by atoms with Gasteiger partial charge in [-0.05, 0) is 44.5 Å². The molecule has 5 nitrogen and oxygen atoms in total. The maximum Gasteiger partial charge on any atom is 0.269 e. The van der Waals surface area contributed by atoms with Crippen LogP contribution in [0.3, 0.4) is 0 Å². The van der Waals surface area contributed by atoms with Gasteiger partial charge in [0.25, 0.3) is 5.69 Å². The van der Waals surface area contributed by atoms with Crippen molar-refractivity contribution in [3.63, 3.8) is 0 Å². The monoisotopic (exact) mass is 285 g/mol. The lowest BCUT2D eigenvalue weighted by atomic mass is 10.0. The lowest BCUT2D eigenvalue weighted by molar-refractivity contribution is -0.384. The summed E-state index contributed by atoms with van der Waals surface area (Å²) in [5.74, 6) is 0. The average Bonchev–Trinajstić information content (AvgIpc) is 2.45. The molecule has 0 amide bonds. The molecule has 0 aromatic heterocycles. The third-order valence-corrected chi connectivity index (χ3v) is 3.12. The van der Waals surface area contributed by atoms with Crippen molar-refractivity contribution < 1.29 is 10.1 Å². The van der Waals surface area contributed by atoms with Crippen LogP contribution in [-0.4, -0.2) is 10.5 Å². The van der Waals surface area contributed by atoms with E-state index in [1.54, 1.807) is 24.3 Å². The Labute approximate surface area is 123 Å². The second kappa shape index (κ2) is 5.54. The molecule has 0 fully saturated rings. The summed E-state index contributed by atoms with van der Waals surface area (Å²) in [6, 6.07) is 13.5. The second-order valence-electron chi connectivity index (χ2n) is 5.79. The van der Waals surface area contributed by atoms with Crippen LogP contribution in [0.2, 0.25) is 0 Å². The first-order valence-corrected chi connectivity index (χ1v) is 6.62. The summed E-state index contributed by atoms with van der Waals surface area (Å²) in [6.45, 7) is 5.52. The van der Waals surface area contributed by atoms with Crippen LogP contribution >= 0.6 is 0 Å². The second-order valence-corrected chi connectivity index (χ2v) is 5.79. The maximum absolute atomic E-state index is 12.4. The highest BCUT2D eigenvalue weighted by Crippen LogP contribution is 2.34. The van der Waals surface area contributed by atoms with Gasteiger partial charge in [-0.3, -0.25) is 10.1 Å². The first kappa shape index (κ1) is 15.0. The van der Waals surface area contributed by atoms with Gasteiger partial charge in [0.2, 0.25) is 0 Å². The molecule has 2 aromatic rings. The molecular weight excluding hydrogens is 268 g/mol. The van der Waals surface area contributed by atoms with Gasteiger partial charge in [0, 0.05) is 17.7 Å². The van der Waals surface area contributed by atoms with E-state index < -0.39 is 10.5 Å². The molecule has 0 unspecified atom stereocenters. The summed E-state index contributed by atoms with van der Waals surface area (Å²) in [4.78, 5) is 10.3. The standard InChI is InChI=1S/C16H17N2O3/c1-16(2,3)17(19)15-7-5-4-6-14(15)12-8-10-13(11-9-12)18(20)21/h4-11H,1-3H3. The zero-order chi connectivity index (χ0) is 15.6. The predicted octanol–water partition coefficient (Wildman–Crippen LogP) is 4.21. The van der Waals surface area contributed by atoms with Gasteiger partial charge in [-0.15, -0.1) is 0 Å². The first-order valence-electron chi connectivity index (χ1n) is 6.62. The third-order valence-electron chi connectivity index (χ3n) is 3.12. The Morgan fingerprint density at radius 1 is 1.00 bits per heavy atom. The fourth-order valence-corrected chi connectivity index (χ4v) is 2.02. The summed E-state index contributed by atoms with van der Waals surface area (Å²) in [5.41, 5.74) is 1.57. The van der Waals surface area contributed by atoms with Crippen LogP contribution in [0.4, 0.5) is 11.4 Å². The molecule has 2 rings (SSSR count). The molecule has 2 aromatic carbocycles. The van der Waals surface area contributed by atoms with Gasteiger partial charge < -0.3 is 0 Å². The number of nitro groups is 1. The molecule has 0 atom stereocenters. The fraction of sp³-hybridized carbons (Fsp3) is 0.250. The highest BCUT2D eigenvalue weighted by atomic mass is 16.6. The molecule has 21 heavy (non-hydrogen) atoms. The van der Waals surface area contributed by atoms with E-state index >= 15 is 0 Å². The number of non-ortho nitro benzene ring substituents is 1. The lowest BCUT2D eigenvalue weighted by Gasteiger charge is -2.30. The normalized spacial score (nSPS) is 11.2. The van der Waals surface area contributed by atoms with Crippen molar-refractivity contribution in [1.82, 2.24) is 0 Å². The number of anilines is 1. The molecule has 1 radical (unpaired) electrons. The molecule has 0 saturated heterocycles. The van der Waals surface area contributed by atoms with Crippen molar-refractivity contribution in [3.8, 4) is 11.1 Å². The van der Waals surface area contributed by atoms with Crippen LogP contribution in [0.5, 0.6) is 0 Å². The van der Waals surface area contributed by atoms with Gasteiger partial charge in [-0.25, -0.2) is 5.06 Å². The highest BCUT2D eigenvalue weighted by molar-refractivity contribution is 5.78. The number of nitro benzene ring substituents is 1. The molecule has 0 N–H and O–H groups in total. The van der Waals surface area contributed by atoms with Crippen LogP contribution in [0.1, 0.15) is 20.8 Å². The van der Waals surface area contributed by atoms with Gasteiger partial charge in [0.1, 0.15) is 0 Å². The Bertz CT molecular complexity index is 645. The molecule has 0 aliphatic rings. The SMILES string of the molecule is CC(C)(C)N([O])c1ccccc1-c1ccc([N+](=O)[O-])cc1. The van der Waals surface area contributed by atoms with Gasteiger partial charge in [-0.2, -0.15) is 0 Å². The quantitative estimate of drug-likeness (QED) is 0.626. The van der Waals surface area contributed by atoms with Crippen molar-refractivity contribution in [2.75, 3.05) is 5.06 Å². The Kier molecular flexibility index (Phi) is 3.95. The number of hydrogen-bond acceptors (Lipinski definition) is 3. The van der Waals surface area contributed by atoms with Gasteiger partial charge in [0.05, 0.1) is 16.1 Å². The van der Waals surface area contributed by atoms with E-state index in [1.165, 1.54) is 12.1 Å². The minimum atomic E-state index is -0.559. The van der Waals surface area contributed by atoms with E-state index in [-0.39, 0.29) is 5.69 Å². The Morgan fingerprint density at radius 3 is 2.10 bits per heavy atom. The minimum absolute atomic E-state index is 0.0334. The molecule has 0 aliphatic carbocycles. The van der Waals surface area contributed by atoms with Crippen molar-refractivity contribution in [2.45, 2.75) is 26.3 Å². The molecular formula is C16H17N2O3. The van der Waals surface area contributed by atoms with Gasteiger partial charge in [-0.1, -0.05) is 23.4 Å². The number of para-hydroxylation sites is 1. The van der Waals surface area contributed by atoms with Crippen molar-refractivity contribution in [2.24, 2.45) is 0 Å². The molecule has 0 aliphatic heterocycles. The summed E-state index contributed by atoms with van der Waals surface area (Å²) in [7, 11) is 0. The number of hydrogen-bond donors (Lipinski definition) is 0. The van der Waals surface area contributed by atoms with E-state index in [0.717, 1.165) is 16.2 Å². The third kappa shape index (κ3) is 3.20. The Balaban J connectivity index is 2.47. The highest BCUT2D eigenvalue weighted by Gasteiger charge is 2.24. The zero-order valence-corrected chi connectivity index (χ0v) is 12.2. The van der Waals surface area contributed by atoms with Crippen LogP contribution in [0, 0.1) is 10.1 Å². The number of nitrogens with zero attached hydrogens (tertiary/aromatic N) is 2. The first-order chi connectivity index (χ1) is 9.80. The average molecular weight is 285 g/mol. The van der Waals surface area contributed by atoms with Crippen LogP contribution in [0.25, 0.3) is 11.1 Å². The number of rotatable bonds is 3. The molecule has 0 saturated carbocycles. The number of benzene rings is 2. The van der Waals surface area contributed by atoms with Crippen LogP contribution in [0.15, 0.2) is 48.5 Å². The van der Waals surface area contributed by atoms with Gasteiger partial charge in [0.15, 0.2) is 0 Å². The minimum Gasteiger partial charge on any atom is -0.258 e. The molecule has 5 heteroatoms. The van der Waals surface area contributed by atoms with Crippen molar-refractivity contribution >= 4 is 11.4 Å². The predicted molar refractivity (Wildman–Crippen MR) is 81.5 cm³/mol. The van der Waals surface area contributed by atoms with Crippen LogP contribution < -0.4 is 5.06 Å². The summed E-state index contributed by atoms with van der Waals surface area (Å²) in [5, 5.41) is 24.1. The van der Waals surface area contributed by atoms with E-state index in [9.17, 15) is 15.3 Å². The Morgan fingerprint density at radius 2 is 1.57 bits per heavy atom. The molecule has 0 heterocycles. The smallest absolute Gasteiger partial charge is 0.258 e. The van der Waals surface area contributed by atoms with Crippen LogP contribution in [-0.2, 0) is 5.21 Å². The molecule has 109 valence electrons. The topological polar surface area (TPSA) is 66.3 Å². The largest absolute Gasteiger partial charge is 0.269 e. The van der Waals surface area contributed by atoms with Gasteiger partial charge >= 0.3 is 0 Å². The van der Waals surface area contributed by atoms with E-state index in [4.69, 9.17) is 0 Å². The van der Waals surface area contributed by atoms with Crippen molar-refractivity contribution in [3.05, 3.63) is 58.6 Å². The van der Waals surface area contributed by atoms with E-state index in [2.05, 4.69) is 0 Å². The summed E-state index contributed by atoms with van der Waals surface area (Å²) >= 11 is 0. The molecule has 0 spiro atoms. The van der Waals surface area contributed by atoms with E-state index in [1.807, 2.05) is 32.9 Å². The maximum atomic E-state index is 12.4. The van der Waals surface area contributed by atoms with E-state index in [0.29, 0.717) is 5.69 Å². The van der Waals surface area contributed by atoms with Crippen molar-refractivity contribution in [1.29, 1.82) is 0 Å². The fourth-order valence-electron chi connectivity index (χ4n) is 2.02. The molecule has 0 bridgehead atoms. The zero-order valence-electron chi connectivity index (χ0n) is 12.2. The lowest BCUT2D eigenvalue weighted by Crippen LogP contribution is -2.37. The Hall–Kier alpha value is -2.40. The summed E-state index contributed by atoms with van der Waals surface area (Å²) < 4.78 is 0. The summed E-state index contributed by atoms with van der Waals surface area (Å²) in [6.07, 6.45) is 0. The number of hydroxylamine groups is 1.